The zero-order chi connectivity index (χ0) is 10.1. The van der Waals surface area contributed by atoms with Crippen molar-refractivity contribution in [1.82, 2.24) is 15.1 Å². The molecule has 14 heavy (non-hydrogen) atoms. The predicted octanol–water partition coefficient (Wildman–Crippen LogP) is 1.71. The van der Waals surface area contributed by atoms with E-state index in [4.69, 9.17) is 11.6 Å². The molecule has 1 N–H and O–H groups in total. The zero-order valence-corrected chi connectivity index (χ0v) is 9.43. The van der Waals surface area contributed by atoms with E-state index < -0.39 is 0 Å². The first kappa shape index (κ1) is 9.99. The summed E-state index contributed by atoms with van der Waals surface area (Å²) in [5.41, 5.74) is 2.47. The molecule has 78 valence electrons. The van der Waals surface area contributed by atoms with E-state index in [2.05, 4.69) is 10.4 Å². The Morgan fingerprint density at radius 2 is 2.29 bits per heavy atom. The van der Waals surface area contributed by atoms with E-state index in [0.29, 0.717) is 5.92 Å². The van der Waals surface area contributed by atoms with Gasteiger partial charge in [-0.25, -0.2) is 0 Å². The number of aromatic nitrogens is 2. The van der Waals surface area contributed by atoms with E-state index in [1.807, 2.05) is 14.1 Å². The highest BCUT2D eigenvalue weighted by atomic mass is 35.5. The van der Waals surface area contributed by atoms with Gasteiger partial charge in [-0.05, 0) is 32.9 Å². The van der Waals surface area contributed by atoms with Crippen molar-refractivity contribution in [2.45, 2.75) is 25.2 Å². The van der Waals surface area contributed by atoms with Gasteiger partial charge in [-0.3, -0.25) is 4.68 Å². The second-order valence-electron chi connectivity index (χ2n) is 3.91. The molecular weight excluding hydrogens is 198 g/mol. The van der Waals surface area contributed by atoms with Crippen LogP contribution in [0.15, 0.2) is 0 Å². The Balaban J connectivity index is 2.24. The molecule has 1 fully saturated rings. The van der Waals surface area contributed by atoms with Crippen LogP contribution in [0.1, 0.15) is 30.0 Å². The van der Waals surface area contributed by atoms with Gasteiger partial charge < -0.3 is 5.32 Å². The summed E-state index contributed by atoms with van der Waals surface area (Å²) in [6, 6.07) is 0. The summed E-state index contributed by atoms with van der Waals surface area (Å²) in [7, 11) is 3.87. The van der Waals surface area contributed by atoms with Gasteiger partial charge in [0.25, 0.3) is 0 Å². The van der Waals surface area contributed by atoms with E-state index in [9.17, 15) is 0 Å². The maximum absolute atomic E-state index is 6.19. The van der Waals surface area contributed by atoms with E-state index in [0.717, 1.165) is 18.1 Å². The molecule has 0 unspecified atom stereocenters. The third-order valence-corrected chi connectivity index (χ3v) is 3.16. The summed E-state index contributed by atoms with van der Waals surface area (Å²) in [5.74, 6) is 0.681. The van der Waals surface area contributed by atoms with Gasteiger partial charge in [0.2, 0.25) is 0 Å². The van der Waals surface area contributed by atoms with Crippen LogP contribution in [-0.4, -0.2) is 23.4 Å². The molecule has 2 rings (SSSR count). The van der Waals surface area contributed by atoms with Gasteiger partial charge in [-0.1, -0.05) is 11.6 Å². The third kappa shape index (κ3) is 1.79. The Labute approximate surface area is 89.4 Å². The van der Waals surface area contributed by atoms with Crippen LogP contribution < -0.4 is 5.32 Å². The number of halogens is 1. The van der Waals surface area contributed by atoms with E-state index >= 15 is 0 Å². The second kappa shape index (κ2) is 3.91. The van der Waals surface area contributed by atoms with Crippen LogP contribution in [-0.2, 0) is 13.5 Å². The smallest absolute Gasteiger partial charge is 0.130 e. The summed E-state index contributed by atoms with van der Waals surface area (Å²) >= 11 is 6.19. The highest BCUT2D eigenvalue weighted by Gasteiger charge is 2.30. The van der Waals surface area contributed by atoms with Crippen LogP contribution in [0.4, 0.5) is 0 Å². The molecule has 1 aromatic heterocycles. The maximum Gasteiger partial charge on any atom is 0.130 e. The molecule has 1 aliphatic rings. The Kier molecular flexibility index (Phi) is 2.79. The first-order chi connectivity index (χ1) is 6.74. The average Bonchev–Trinajstić information content (AvgIpc) is 2.95. The van der Waals surface area contributed by atoms with Crippen LogP contribution in [0, 0.1) is 0 Å². The molecule has 3 nitrogen and oxygen atoms in total. The molecule has 0 saturated heterocycles. The van der Waals surface area contributed by atoms with Gasteiger partial charge >= 0.3 is 0 Å². The molecule has 1 aromatic rings. The zero-order valence-electron chi connectivity index (χ0n) is 8.68. The fourth-order valence-electron chi connectivity index (χ4n) is 1.73. The Bertz CT molecular complexity index is 328. The summed E-state index contributed by atoms with van der Waals surface area (Å²) in [6.45, 7) is 0.963. The topological polar surface area (TPSA) is 29.9 Å². The van der Waals surface area contributed by atoms with Gasteiger partial charge in [0.15, 0.2) is 0 Å². The van der Waals surface area contributed by atoms with Crippen molar-refractivity contribution in [2.24, 2.45) is 7.05 Å². The minimum atomic E-state index is 0.681. The lowest BCUT2D eigenvalue weighted by Crippen LogP contribution is -2.11. The van der Waals surface area contributed by atoms with E-state index in [1.165, 1.54) is 24.1 Å². The van der Waals surface area contributed by atoms with Crippen molar-refractivity contribution >= 4 is 11.6 Å². The van der Waals surface area contributed by atoms with E-state index in [-0.39, 0.29) is 0 Å². The van der Waals surface area contributed by atoms with Gasteiger partial charge in [0.05, 0.1) is 5.69 Å². The van der Waals surface area contributed by atoms with Crippen LogP contribution >= 0.6 is 11.6 Å². The number of nitrogens with zero attached hydrogens (tertiary/aromatic N) is 2. The minimum Gasteiger partial charge on any atom is -0.319 e. The number of likely N-dealkylation sites (N-methyl/N-ethyl adjacent to an activating group) is 1. The van der Waals surface area contributed by atoms with Crippen LogP contribution in [0.25, 0.3) is 0 Å². The number of rotatable bonds is 4. The lowest BCUT2D eigenvalue weighted by Gasteiger charge is -2.00. The Morgan fingerprint density at radius 1 is 1.57 bits per heavy atom. The molecule has 1 saturated carbocycles. The fourth-order valence-corrected chi connectivity index (χ4v) is 1.96. The monoisotopic (exact) mass is 213 g/mol. The molecule has 0 bridgehead atoms. The summed E-state index contributed by atoms with van der Waals surface area (Å²) in [4.78, 5) is 0. The van der Waals surface area contributed by atoms with Crippen molar-refractivity contribution < 1.29 is 0 Å². The van der Waals surface area contributed by atoms with Crippen molar-refractivity contribution in [2.75, 3.05) is 13.6 Å². The number of aryl methyl sites for hydroxylation is 1. The van der Waals surface area contributed by atoms with Crippen molar-refractivity contribution in [3.8, 4) is 0 Å². The molecule has 0 radical (unpaired) electrons. The van der Waals surface area contributed by atoms with Crippen molar-refractivity contribution in [3.05, 3.63) is 16.4 Å². The molecule has 0 spiro atoms. The summed E-state index contributed by atoms with van der Waals surface area (Å²) < 4.78 is 1.79. The van der Waals surface area contributed by atoms with Crippen LogP contribution in [0.5, 0.6) is 0 Å². The van der Waals surface area contributed by atoms with Gasteiger partial charge in [-0.15, -0.1) is 0 Å². The summed E-state index contributed by atoms with van der Waals surface area (Å²) in [5, 5.41) is 8.43. The number of hydrogen-bond acceptors (Lipinski definition) is 2. The first-order valence-electron chi connectivity index (χ1n) is 5.10. The molecule has 0 atom stereocenters. The fraction of sp³-hybridized carbons (Fsp3) is 0.700. The standard InChI is InChI=1S/C10H16ClN3/c1-12-6-5-8-9(7-3-4-7)13-14(2)10(8)11/h7,12H,3-6H2,1-2H3. The van der Waals surface area contributed by atoms with Gasteiger partial charge in [0.1, 0.15) is 5.15 Å². The lowest BCUT2D eigenvalue weighted by atomic mass is 10.1. The van der Waals surface area contributed by atoms with Crippen molar-refractivity contribution in [3.63, 3.8) is 0 Å². The number of hydrogen-bond donors (Lipinski definition) is 1. The normalized spacial score (nSPS) is 16.2. The molecule has 1 aliphatic carbocycles. The highest BCUT2D eigenvalue weighted by molar-refractivity contribution is 6.30. The van der Waals surface area contributed by atoms with Crippen LogP contribution in [0.2, 0.25) is 5.15 Å². The Hall–Kier alpha value is -0.540. The summed E-state index contributed by atoms with van der Waals surface area (Å²) in [6.07, 6.45) is 3.54. The quantitative estimate of drug-likeness (QED) is 0.826. The minimum absolute atomic E-state index is 0.681. The molecule has 1 heterocycles. The molecule has 4 heteroatoms. The SMILES string of the molecule is CNCCc1c(C2CC2)nn(C)c1Cl. The maximum atomic E-state index is 6.19. The van der Waals surface area contributed by atoms with Crippen molar-refractivity contribution in [1.29, 1.82) is 0 Å². The molecular formula is C10H16ClN3. The van der Waals surface area contributed by atoms with Crippen LogP contribution in [0.3, 0.4) is 0 Å². The molecule has 0 aliphatic heterocycles. The largest absolute Gasteiger partial charge is 0.319 e. The predicted molar refractivity (Wildman–Crippen MR) is 57.8 cm³/mol. The highest BCUT2D eigenvalue weighted by Crippen LogP contribution is 2.42. The van der Waals surface area contributed by atoms with Gasteiger partial charge in [-0.2, -0.15) is 5.10 Å². The third-order valence-electron chi connectivity index (χ3n) is 2.69. The molecule has 0 aromatic carbocycles. The lowest BCUT2D eigenvalue weighted by molar-refractivity contribution is 0.744. The average molecular weight is 214 g/mol. The van der Waals surface area contributed by atoms with Gasteiger partial charge in [0, 0.05) is 18.5 Å². The van der Waals surface area contributed by atoms with E-state index in [1.54, 1.807) is 4.68 Å². The first-order valence-corrected chi connectivity index (χ1v) is 5.47. The number of nitrogens with one attached hydrogen (secondary N) is 1. The molecule has 0 amide bonds. The second-order valence-corrected chi connectivity index (χ2v) is 4.26. The Morgan fingerprint density at radius 3 is 2.86 bits per heavy atom.